The number of aryl methyl sites for hydroxylation is 1. The quantitative estimate of drug-likeness (QED) is 0.395. The number of furan rings is 1. The number of rotatable bonds is 6. The van der Waals surface area contributed by atoms with Crippen LogP contribution in [0, 0.1) is 0 Å². The molecule has 0 aromatic carbocycles. The summed E-state index contributed by atoms with van der Waals surface area (Å²) >= 11 is 0. The van der Waals surface area contributed by atoms with Gasteiger partial charge in [-0.15, -0.1) is 24.0 Å². The molecule has 1 saturated carbocycles. The van der Waals surface area contributed by atoms with E-state index in [1.807, 2.05) is 19.2 Å². The summed E-state index contributed by atoms with van der Waals surface area (Å²) in [5.74, 6) is 2.68. The van der Waals surface area contributed by atoms with Crippen LogP contribution in [0.1, 0.15) is 43.7 Å². The van der Waals surface area contributed by atoms with Crippen molar-refractivity contribution in [1.82, 2.24) is 25.4 Å². The van der Waals surface area contributed by atoms with Crippen LogP contribution in [-0.4, -0.2) is 33.3 Å². The topological polar surface area (TPSA) is 80.3 Å². The third-order valence-corrected chi connectivity index (χ3v) is 4.37. The molecule has 3 rings (SSSR count). The van der Waals surface area contributed by atoms with Gasteiger partial charge in [-0.05, 0) is 25.0 Å². The van der Waals surface area contributed by atoms with Gasteiger partial charge in [-0.1, -0.05) is 19.3 Å². The second kappa shape index (κ2) is 10.4. The fraction of sp³-hybridized carbons (Fsp3) is 0.588. The summed E-state index contributed by atoms with van der Waals surface area (Å²) in [5, 5.41) is 11.1. The summed E-state index contributed by atoms with van der Waals surface area (Å²) < 4.78 is 7.13. The zero-order chi connectivity index (χ0) is 16.6. The first-order chi connectivity index (χ1) is 11.8. The summed E-state index contributed by atoms with van der Waals surface area (Å²) in [7, 11) is 1.89. The Hall–Kier alpha value is -1.58. The zero-order valence-electron chi connectivity index (χ0n) is 14.6. The summed E-state index contributed by atoms with van der Waals surface area (Å²) in [5.41, 5.74) is 0. The Bertz CT molecular complexity index is 633. The highest BCUT2D eigenvalue weighted by Gasteiger charge is 2.14. The number of hydrogen-bond donors (Lipinski definition) is 2. The van der Waals surface area contributed by atoms with E-state index in [1.54, 1.807) is 17.3 Å². The number of nitrogens with zero attached hydrogens (tertiary/aromatic N) is 4. The molecular formula is C17H27IN6O. The van der Waals surface area contributed by atoms with Crippen molar-refractivity contribution in [1.29, 1.82) is 0 Å². The highest BCUT2D eigenvalue weighted by atomic mass is 127. The number of aromatic nitrogens is 3. The molecular weight excluding hydrogens is 431 g/mol. The van der Waals surface area contributed by atoms with Crippen LogP contribution >= 0.6 is 24.0 Å². The lowest BCUT2D eigenvalue weighted by Crippen LogP contribution is -2.44. The van der Waals surface area contributed by atoms with Gasteiger partial charge in [-0.25, -0.2) is 9.98 Å². The smallest absolute Gasteiger partial charge is 0.191 e. The zero-order valence-corrected chi connectivity index (χ0v) is 17.0. The molecule has 138 valence electrons. The second-order valence-corrected chi connectivity index (χ2v) is 6.20. The van der Waals surface area contributed by atoms with Gasteiger partial charge >= 0.3 is 0 Å². The van der Waals surface area contributed by atoms with Crippen LogP contribution in [0.15, 0.2) is 34.1 Å². The number of halogens is 1. The molecule has 2 heterocycles. The average molecular weight is 458 g/mol. The predicted octanol–water partition coefficient (Wildman–Crippen LogP) is 2.64. The lowest BCUT2D eigenvalue weighted by molar-refractivity contribution is 0.409. The van der Waals surface area contributed by atoms with Crippen LogP contribution in [0.4, 0.5) is 0 Å². The minimum absolute atomic E-state index is 0. The Kier molecular flexibility index (Phi) is 8.23. The van der Waals surface area contributed by atoms with Crippen molar-refractivity contribution in [2.45, 2.75) is 51.1 Å². The molecule has 1 aliphatic carbocycles. The van der Waals surface area contributed by atoms with Gasteiger partial charge in [0.2, 0.25) is 0 Å². The van der Waals surface area contributed by atoms with Crippen LogP contribution in [0.3, 0.4) is 0 Å². The van der Waals surface area contributed by atoms with Gasteiger partial charge in [0.15, 0.2) is 5.96 Å². The van der Waals surface area contributed by atoms with Crippen molar-refractivity contribution in [2.24, 2.45) is 12.0 Å². The van der Waals surface area contributed by atoms with E-state index < -0.39 is 0 Å². The largest absolute Gasteiger partial charge is 0.469 e. The molecule has 2 N–H and O–H groups in total. The fourth-order valence-corrected chi connectivity index (χ4v) is 2.96. The van der Waals surface area contributed by atoms with Gasteiger partial charge in [-0.3, -0.25) is 4.68 Å². The second-order valence-electron chi connectivity index (χ2n) is 6.20. The molecule has 0 radical (unpaired) electrons. The molecule has 2 aromatic heterocycles. The van der Waals surface area contributed by atoms with E-state index in [2.05, 4.69) is 25.7 Å². The number of guanidine groups is 1. The Labute approximate surface area is 165 Å². The van der Waals surface area contributed by atoms with Crippen molar-refractivity contribution < 1.29 is 4.42 Å². The van der Waals surface area contributed by atoms with E-state index in [1.165, 1.54) is 32.1 Å². The van der Waals surface area contributed by atoms with Crippen LogP contribution < -0.4 is 10.6 Å². The molecule has 1 aliphatic rings. The first-order valence-corrected chi connectivity index (χ1v) is 8.71. The van der Waals surface area contributed by atoms with Gasteiger partial charge in [0.1, 0.15) is 24.5 Å². The number of nitrogens with one attached hydrogen (secondary N) is 2. The standard InChI is InChI=1S/C17H26N6O.HI/c1-23-16(20-13-21-23)12-19-17(22-14-6-3-2-4-7-14)18-10-9-15-8-5-11-24-15;/h5,8,11,13-14H,2-4,6-7,9-10,12H2,1H3,(H2,18,19,22);1H. The van der Waals surface area contributed by atoms with Gasteiger partial charge in [-0.2, -0.15) is 5.10 Å². The van der Waals surface area contributed by atoms with E-state index in [9.17, 15) is 0 Å². The molecule has 0 unspecified atom stereocenters. The Balaban J connectivity index is 0.00000225. The minimum atomic E-state index is 0. The third-order valence-electron chi connectivity index (χ3n) is 4.37. The number of aliphatic imine (C=N–C) groups is 1. The van der Waals surface area contributed by atoms with E-state index in [0.717, 1.165) is 30.5 Å². The van der Waals surface area contributed by atoms with Gasteiger partial charge in [0.25, 0.3) is 0 Å². The SMILES string of the molecule is Cn1ncnc1CN=C(NCCc1ccco1)NC1CCCCC1.I. The maximum absolute atomic E-state index is 5.38. The van der Waals surface area contributed by atoms with E-state index in [4.69, 9.17) is 4.42 Å². The van der Waals surface area contributed by atoms with Crippen LogP contribution in [0.2, 0.25) is 0 Å². The Morgan fingerprint density at radius 3 is 2.88 bits per heavy atom. The molecule has 0 amide bonds. The summed E-state index contributed by atoms with van der Waals surface area (Å²) in [6.07, 6.45) is 10.5. The van der Waals surface area contributed by atoms with Crippen LogP contribution in [0.25, 0.3) is 0 Å². The fourth-order valence-electron chi connectivity index (χ4n) is 2.96. The molecule has 1 fully saturated rings. The lowest BCUT2D eigenvalue weighted by atomic mass is 9.96. The van der Waals surface area contributed by atoms with Crippen molar-refractivity contribution in [2.75, 3.05) is 6.54 Å². The maximum atomic E-state index is 5.38. The van der Waals surface area contributed by atoms with E-state index >= 15 is 0 Å². The van der Waals surface area contributed by atoms with Crippen LogP contribution in [-0.2, 0) is 20.0 Å². The van der Waals surface area contributed by atoms with E-state index in [0.29, 0.717) is 12.6 Å². The Morgan fingerprint density at radius 1 is 1.36 bits per heavy atom. The Morgan fingerprint density at radius 2 is 2.20 bits per heavy atom. The first kappa shape index (κ1) is 19.7. The third kappa shape index (κ3) is 6.33. The van der Waals surface area contributed by atoms with Crippen molar-refractivity contribution in [3.63, 3.8) is 0 Å². The summed E-state index contributed by atoms with van der Waals surface area (Å²) in [6, 6.07) is 4.42. The maximum Gasteiger partial charge on any atom is 0.191 e. The first-order valence-electron chi connectivity index (χ1n) is 8.71. The van der Waals surface area contributed by atoms with Gasteiger partial charge < -0.3 is 15.1 Å². The summed E-state index contributed by atoms with van der Waals surface area (Å²) in [4.78, 5) is 8.91. The minimum Gasteiger partial charge on any atom is -0.469 e. The predicted molar refractivity (Wildman–Crippen MR) is 108 cm³/mol. The van der Waals surface area contributed by atoms with Gasteiger partial charge in [0.05, 0.1) is 6.26 Å². The molecule has 0 bridgehead atoms. The van der Waals surface area contributed by atoms with E-state index in [-0.39, 0.29) is 24.0 Å². The normalized spacial score (nSPS) is 15.6. The molecule has 8 heteroatoms. The molecule has 7 nitrogen and oxygen atoms in total. The van der Waals surface area contributed by atoms with Crippen molar-refractivity contribution >= 4 is 29.9 Å². The average Bonchev–Trinajstić information content (AvgIpc) is 3.25. The number of hydrogen-bond acceptors (Lipinski definition) is 4. The molecule has 0 spiro atoms. The molecule has 0 atom stereocenters. The molecule has 0 saturated heterocycles. The van der Waals surface area contributed by atoms with Crippen molar-refractivity contribution in [3.05, 3.63) is 36.3 Å². The molecule has 0 aliphatic heterocycles. The highest BCUT2D eigenvalue weighted by molar-refractivity contribution is 14.0. The molecule has 2 aromatic rings. The van der Waals surface area contributed by atoms with Crippen molar-refractivity contribution in [3.8, 4) is 0 Å². The van der Waals surface area contributed by atoms with Gasteiger partial charge in [0, 0.05) is 26.1 Å². The molecule has 25 heavy (non-hydrogen) atoms. The monoisotopic (exact) mass is 458 g/mol. The summed E-state index contributed by atoms with van der Waals surface area (Å²) in [6.45, 7) is 1.30. The van der Waals surface area contributed by atoms with Crippen LogP contribution in [0.5, 0.6) is 0 Å². The lowest BCUT2D eigenvalue weighted by Gasteiger charge is -2.25. The highest BCUT2D eigenvalue weighted by Crippen LogP contribution is 2.17.